The van der Waals surface area contributed by atoms with E-state index in [0.717, 1.165) is 0 Å². The van der Waals surface area contributed by atoms with E-state index in [1.807, 2.05) is 0 Å². The first-order valence-electron chi connectivity index (χ1n) is 5.62. The van der Waals surface area contributed by atoms with Crippen molar-refractivity contribution in [2.24, 2.45) is 4.36 Å². The highest BCUT2D eigenvalue weighted by Gasteiger charge is 2.19. The second-order valence-corrected chi connectivity index (χ2v) is 9.02. The molecule has 9 heteroatoms. The summed E-state index contributed by atoms with van der Waals surface area (Å²) in [6, 6.07) is 4.25. The van der Waals surface area contributed by atoms with Gasteiger partial charge in [-0.25, -0.2) is 17.5 Å². The van der Waals surface area contributed by atoms with Gasteiger partial charge in [0.2, 0.25) is 10.0 Å². The number of rotatable bonds is 6. The highest BCUT2D eigenvalue weighted by atomic mass is 35.5. The van der Waals surface area contributed by atoms with E-state index >= 15 is 0 Å². The molecular weight excluding hydrogens is 324 g/mol. The Labute approximate surface area is 124 Å². The van der Waals surface area contributed by atoms with Crippen LogP contribution >= 0.6 is 11.6 Å². The molecule has 0 unspecified atom stereocenters. The van der Waals surface area contributed by atoms with Crippen molar-refractivity contribution < 1.29 is 17.4 Å². The van der Waals surface area contributed by atoms with E-state index in [-0.39, 0.29) is 23.7 Å². The molecular formula is C11H17ClN2O4S2. The summed E-state index contributed by atoms with van der Waals surface area (Å²) in [5, 5.41) is 0.382. The van der Waals surface area contributed by atoms with Gasteiger partial charge < -0.3 is 4.74 Å². The number of ether oxygens (including phenoxy) is 1. The van der Waals surface area contributed by atoms with Gasteiger partial charge in [-0.05, 0) is 12.1 Å². The molecule has 0 aliphatic carbocycles. The normalized spacial score (nSPS) is 12.2. The average molecular weight is 341 g/mol. The van der Waals surface area contributed by atoms with Crippen LogP contribution in [0.3, 0.4) is 0 Å². The van der Waals surface area contributed by atoms with Gasteiger partial charge in [0.1, 0.15) is 10.6 Å². The molecule has 1 rings (SSSR count). The molecule has 6 nitrogen and oxygen atoms in total. The summed E-state index contributed by atoms with van der Waals surface area (Å²) in [6.07, 6.45) is 2.98. The summed E-state index contributed by atoms with van der Waals surface area (Å²) >= 11 is 5.78. The number of nitrogens with one attached hydrogen (secondary N) is 1. The standard InChI is InChI=1S/C11H17ClN2O4S2/c1-18-10-8-9(12)4-5-11(10)20(16,17)14-7-6-13-19(2,3)15/h4-5,8,14H,6-7H2,1-3H3. The van der Waals surface area contributed by atoms with Crippen LogP contribution in [0.4, 0.5) is 0 Å². The van der Waals surface area contributed by atoms with E-state index in [4.69, 9.17) is 16.3 Å². The summed E-state index contributed by atoms with van der Waals surface area (Å²) in [5.74, 6) is 0.164. The Kier molecular flexibility index (Phi) is 5.81. The monoisotopic (exact) mass is 340 g/mol. The minimum atomic E-state index is -3.72. The van der Waals surface area contributed by atoms with Crippen LogP contribution < -0.4 is 9.46 Å². The maximum Gasteiger partial charge on any atom is 0.244 e. The first-order chi connectivity index (χ1) is 9.15. The zero-order chi connectivity index (χ0) is 15.4. The third-order valence-corrected chi connectivity index (χ3v) is 4.76. The molecule has 0 saturated carbocycles. The zero-order valence-corrected chi connectivity index (χ0v) is 13.8. The fraction of sp³-hybridized carbons (Fsp3) is 0.455. The first kappa shape index (κ1) is 17.2. The predicted octanol–water partition coefficient (Wildman–Crippen LogP) is 1.35. The lowest BCUT2D eigenvalue weighted by molar-refractivity contribution is 0.402. The Hall–Kier alpha value is -0.830. The van der Waals surface area contributed by atoms with Crippen LogP contribution in [0.2, 0.25) is 5.02 Å². The molecule has 0 spiro atoms. The quantitative estimate of drug-likeness (QED) is 0.792. The summed E-state index contributed by atoms with van der Waals surface area (Å²) in [5.41, 5.74) is 0. The van der Waals surface area contributed by atoms with Gasteiger partial charge in [-0.1, -0.05) is 11.6 Å². The lowest BCUT2D eigenvalue weighted by atomic mass is 10.3. The van der Waals surface area contributed by atoms with Crippen molar-refractivity contribution in [3.05, 3.63) is 23.2 Å². The van der Waals surface area contributed by atoms with Crippen LogP contribution in [0.1, 0.15) is 0 Å². The molecule has 0 atom stereocenters. The molecule has 0 heterocycles. The highest BCUT2D eigenvalue weighted by Crippen LogP contribution is 2.26. The highest BCUT2D eigenvalue weighted by molar-refractivity contribution is 7.92. The summed E-state index contributed by atoms with van der Waals surface area (Å²) in [4.78, 5) is -0.00173. The van der Waals surface area contributed by atoms with Crippen LogP contribution in [0.15, 0.2) is 27.5 Å². The van der Waals surface area contributed by atoms with E-state index in [1.165, 1.54) is 37.8 Å². The Morgan fingerprint density at radius 1 is 1.30 bits per heavy atom. The van der Waals surface area contributed by atoms with E-state index in [9.17, 15) is 12.6 Å². The van der Waals surface area contributed by atoms with Gasteiger partial charge in [0.15, 0.2) is 0 Å². The molecule has 0 fully saturated rings. The van der Waals surface area contributed by atoms with Gasteiger partial charge in [-0.15, -0.1) is 0 Å². The number of hydrogen-bond donors (Lipinski definition) is 1. The molecule has 0 radical (unpaired) electrons. The second-order valence-electron chi connectivity index (χ2n) is 4.23. The summed E-state index contributed by atoms with van der Waals surface area (Å²) < 4.78 is 46.8. The molecule has 0 bridgehead atoms. The van der Waals surface area contributed by atoms with Gasteiger partial charge in [0, 0.05) is 39.9 Å². The number of methoxy groups -OCH3 is 1. The minimum Gasteiger partial charge on any atom is -0.495 e. The lowest BCUT2D eigenvalue weighted by Crippen LogP contribution is -2.27. The molecule has 1 N–H and O–H groups in total. The van der Waals surface area contributed by atoms with Crippen LogP contribution in [0.25, 0.3) is 0 Å². The SMILES string of the molecule is COc1cc(Cl)ccc1S(=O)(=O)NCCN=S(C)(C)=O. The fourth-order valence-corrected chi connectivity index (χ4v) is 3.25. The van der Waals surface area contributed by atoms with Gasteiger partial charge >= 0.3 is 0 Å². The van der Waals surface area contributed by atoms with E-state index < -0.39 is 19.8 Å². The van der Waals surface area contributed by atoms with Crippen molar-refractivity contribution >= 4 is 31.4 Å². The van der Waals surface area contributed by atoms with Crippen molar-refractivity contribution in [2.45, 2.75) is 4.90 Å². The molecule has 1 aromatic carbocycles. The maximum atomic E-state index is 12.1. The smallest absolute Gasteiger partial charge is 0.244 e. The molecule has 0 amide bonds. The predicted molar refractivity (Wildman–Crippen MR) is 80.5 cm³/mol. The molecule has 0 aromatic heterocycles. The van der Waals surface area contributed by atoms with Crippen LogP contribution in [-0.4, -0.2) is 45.3 Å². The largest absolute Gasteiger partial charge is 0.495 e. The molecule has 0 aliphatic rings. The number of benzene rings is 1. The maximum absolute atomic E-state index is 12.1. The Bertz CT molecular complexity index is 686. The van der Waals surface area contributed by atoms with Crippen molar-refractivity contribution in [1.82, 2.24) is 4.72 Å². The van der Waals surface area contributed by atoms with Gasteiger partial charge in [0.05, 0.1) is 13.7 Å². The lowest BCUT2D eigenvalue weighted by Gasteiger charge is -2.10. The number of halogens is 1. The first-order valence-corrected chi connectivity index (χ1v) is 9.81. The Morgan fingerprint density at radius 3 is 2.50 bits per heavy atom. The Morgan fingerprint density at radius 2 is 1.95 bits per heavy atom. The fourth-order valence-electron chi connectivity index (χ4n) is 1.39. The van der Waals surface area contributed by atoms with Crippen LogP contribution in [0.5, 0.6) is 5.75 Å². The minimum absolute atomic E-state index is 0.00173. The topological polar surface area (TPSA) is 84.8 Å². The summed E-state index contributed by atoms with van der Waals surface area (Å²) in [7, 11) is -4.59. The molecule has 1 aromatic rings. The second kappa shape index (κ2) is 6.75. The average Bonchev–Trinajstić information content (AvgIpc) is 2.33. The summed E-state index contributed by atoms with van der Waals surface area (Å²) in [6.45, 7) is 0.202. The number of hydrogen-bond acceptors (Lipinski definition) is 5. The number of sulfonamides is 1. The van der Waals surface area contributed by atoms with Crippen LogP contribution in [-0.2, 0) is 19.8 Å². The molecule has 0 aliphatic heterocycles. The van der Waals surface area contributed by atoms with Gasteiger partial charge in [-0.2, -0.15) is 0 Å². The Balaban J connectivity index is 2.87. The molecule has 20 heavy (non-hydrogen) atoms. The van der Waals surface area contributed by atoms with Crippen molar-refractivity contribution in [2.75, 3.05) is 32.7 Å². The van der Waals surface area contributed by atoms with Crippen molar-refractivity contribution in [3.63, 3.8) is 0 Å². The van der Waals surface area contributed by atoms with Crippen molar-refractivity contribution in [3.8, 4) is 5.75 Å². The third kappa shape index (κ3) is 5.28. The van der Waals surface area contributed by atoms with E-state index in [1.54, 1.807) is 0 Å². The molecule has 114 valence electrons. The van der Waals surface area contributed by atoms with Crippen molar-refractivity contribution in [1.29, 1.82) is 0 Å². The van der Waals surface area contributed by atoms with Gasteiger partial charge in [0.25, 0.3) is 0 Å². The zero-order valence-electron chi connectivity index (χ0n) is 11.4. The van der Waals surface area contributed by atoms with Crippen LogP contribution in [0, 0.1) is 0 Å². The van der Waals surface area contributed by atoms with E-state index in [0.29, 0.717) is 5.02 Å². The molecule has 0 saturated heterocycles. The number of nitrogens with zero attached hydrogens (tertiary/aromatic N) is 1. The van der Waals surface area contributed by atoms with Gasteiger partial charge in [-0.3, -0.25) is 4.21 Å². The van der Waals surface area contributed by atoms with E-state index in [2.05, 4.69) is 9.08 Å². The third-order valence-electron chi connectivity index (χ3n) is 2.22.